The molecule has 6 aliphatic rings. The first kappa shape index (κ1) is 34.9. The maximum absolute atomic E-state index is 14.7. The minimum Gasteiger partial charge on any atom is -0.472 e. The van der Waals surface area contributed by atoms with Gasteiger partial charge < -0.3 is 25.0 Å². The zero-order valence-electron chi connectivity index (χ0n) is 29.3. The van der Waals surface area contributed by atoms with Crippen LogP contribution in [-0.2, 0) is 35.6 Å². The standard InChI is InChI=1S/C38H47N5O8S/c1-2-26-20-38(26,35(46)42-52(48,49)28-11-12-28)41-32(44)30-19-27-21-43(30)34(45)31(25-7-3-4-8-25)40-36(47)50-22-37(15-16-37)14-5-6-23-9-10-24-13-17-39-33(51-27)29(24)18-23/h2,9-10,13,17-18,25-28,30-31H,1,3-8,11-12,14-16,19-22H2,(H,40,47)(H,41,44)(H,42,46)/t26-,27-,30+,31+,38-/m1/s1. The predicted octanol–water partition coefficient (Wildman–Crippen LogP) is 3.65. The lowest BCUT2D eigenvalue weighted by atomic mass is 9.96. The predicted molar refractivity (Wildman–Crippen MR) is 190 cm³/mol. The number of ether oxygens (including phenoxy) is 2. The topological polar surface area (TPSA) is 173 Å². The smallest absolute Gasteiger partial charge is 0.407 e. The number of nitrogens with one attached hydrogen (secondary N) is 3. The third-order valence-corrected chi connectivity index (χ3v) is 14.0. The molecule has 3 N–H and O–H groups in total. The third-order valence-electron chi connectivity index (χ3n) is 12.2. The summed E-state index contributed by atoms with van der Waals surface area (Å²) in [6, 6.07) is 6.16. The summed E-state index contributed by atoms with van der Waals surface area (Å²) in [5.74, 6) is -2.06. The van der Waals surface area contributed by atoms with Gasteiger partial charge in [-0.15, -0.1) is 6.58 Å². The van der Waals surface area contributed by atoms with E-state index in [-0.39, 0.29) is 37.3 Å². The Balaban J connectivity index is 1.11. The summed E-state index contributed by atoms with van der Waals surface area (Å²) in [4.78, 5) is 61.8. The summed E-state index contributed by atoms with van der Waals surface area (Å²) in [7, 11) is -3.87. The first-order chi connectivity index (χ1) is 25.0. The van der Waals surface area contributed by atoms with E-state index in [0.717, 1.165) is 74.1 Å². The number of carbonyl (C=O) groups excluding carboxylic acids is 4. The number of sulfonamides is 1. The number of alkyl carbamates (subject to hydrolysis) is 1. The highest BCUT2D eigenvalue weighted by Crippen LogP contribution is 2.50. The van der Waals surface area contributed by atoms with E-state index in [0.29, 0.717) is 18.7 Å². The van der Waals surface area contributed by atoms with Crippen LogP contribution in [0.1, 0.15) is 82.6 Å². The lowest BCUT2D eigenvalue weighted by Crippen LogP contribution is -2.59. The van der Waals surface area contributed by atoms with Gasteiger partial charge in [0.25, 0.3) is 5.91 Å². The first-order valence-electron chi connectivity index (χ1n) is 18.8. The van der Waals surface area contributed by atoms with Crippen LogP contribution in [0.25, 0.3) is 10.8 Å². The van der Waals surface area contributed by atoms with Crippen molar-refractivity contribution in [1.29, 1.82) is 0 Å². The van der Waals surface area contributed by atoms with Gasteiger partial charge in [0, 0.05) is 29.3 Å². The average molecular weight is 734 g/mol. The molecule has 14 heteroatoms. The van der Waals surface area contributed by atoms with Crippen LogP contribution >= 0.6 is 0 Å². The highest BCUT2D eigenvalue weighted by molar-refractivity contribution is 7.91. The fraction of sp³-hybridized carbons (Fsp3) is 0.605. The molecule has 1 aromatic carbocycles. The SMILES string of the molecule is C=C[C@@H]1C[C@]1(NC(=O)[C@@H]1C[C@@H]2CN1C(=O)[C@H](C1CCCC1)NC(=O)OCC1(CCCc3ccc4ccnc(c4c3)O2)CC1)C(=O)NS(=O)(=O)C1CC1. The molecule has 8 rings (SSSR count). The van der Waals surface area contributed by atoms with E-state index >= 15 is 0 Å². The van der Waals surface area contributed by atoms with Gasteiger partial charge in [-0.1, -0.05) is 31.1 Å². The number of nitrogens with zero attached hydrogens (tertiary/aromatic N) is 2. The van der Waals surface area contributed by atoms with Gasteiger partial charge in [-0.05, 0) is 93.2 Å². The van der Waals surface area contributed by atoms with Crippen molar-refractivity contribution in [3.05, 3.63) is 48.7 Å². The molecule has 5 atom stereocenters. The quantitative estimate of drug-likeness (QED) is 0.359. The molecular weight excluding hydrogens is 687 g/mol. The molecule has 0 unspecified atom stereocenters. The van der Waals surface area contributed by atoms with E-state index in [4.69, 9.17) is 9.47 Å². The van der Waals surface area contributed by atoms with Crippen molar-refractivity contribution >= 4 is 44.6 Å². The molecule has 52 heavy (non-hydrogen) atoms. The van der Waals surface area contributed by atoms with Crippen LogP contribution in [-0.4, -0.2) is 84.2 Å². The molecule has 278 valence electrons. The number of pyridine rings is 1. The number of hydrogen-bond acceptors (Lipinski definition) is 9. The molecule has 4 amide bonds. The maximum Gasteiger partial charge on any atom is 0.407 e. The number of amides is 4. The van der Waals surface area contributed by atoms with E-state index in [1.807, 2.05) is 12.1 Å². The van der Waals surface area contributed by atoms with Gasteiger partial charge in [0.1, 0.15) is 23.7 Å². The molecule has 1 saturated heterocycles. The van der Waals surface area contributed by atoms with Crippen molar-refractivity contribution in [3.63, 3.8) is 0 Å². The fourth-order valence-electron chi connectivity index (χ4n) is 8.54. The Morgan fingerprint density at radius 3 is 2.56 bits per heavy atom. The number of fused-ring (bicyclic) bond motifs is 3. The van der Waals surface area contributed by atoms with Gasteiger partial charge in [-0.3, -0.25) is 19.1 Å². The van der Waals surface area contributed by atoms with Gasteiger partial charge in [0.2, 0.25) is 27.7 Å². The lowest BCUT2D eigenvalue weighted by molar-refractivity contribution is -0.142. The molecule has 4 bridgehead atoms. The van der Waals surface area contributed by atoms with Crippen LogP contribution in [0.3, 0.4) is 0 Å². The van der Waals surface area contributed by atoms with E-state index in [1.54, 1.807) is 6.20 Å². The van der Waals surface area contributed by atoms with Crippen molar-refractivity contribution in [2.45, 2.75) is 112 Å². The molecule has 2 aliphatic heterocycles. The minimum atomic E-state index is -3.87. The second-order valence-corrected chi connectivity index (χ2v) is 17.9. The average Bonchev–Trinajstić information content (AvgIpc) is 4.09. The molecule has 13 nitrogen and oxygen atoms in total. The van der Waals surface area contributed by atoms with Gasteiger partial charge in [0.05, 0.1) is 18.4 Å². The zero-order valence-corrected chi connectivity index (χ0v) is 30.1. The highest BCUT2D eigenvalue weighted by Gasteiger charge is 2.62. The third kappa shape index (κ3) is 6.85. The van der Waals surface area contributed by atoms with Crippen molar-refractivity contribution in [3.8, 4) is 5.88 Å². The molecule has 2 aromatic rings. The number of hydrogen-bond donors (Lipinski definition) is 3. The Morgan fingerprint density at radius 1 is 1.06 bits per heavy atom. The molecule has 3 heterocycles. The summed E-state index contributed by atoms with van der Waals surface area (Å²) in [6.45, 7) is 4.12. The summed E-state index contributed by atoms with van der Waals surface area (Å²) in [5, 5.41) is 6.92. The number of cyclic esters (lactones) is 1. The Bertz CT molecular complexity index is 1910. The van der Waals surface area contributed by atoms with Gasteiger partial charge in [-0.25, -0.2) is 18.2 Å². The van der Waals surface area contributed by atoms with Crippen molar-refractivity contribution in [2.75, 3.05) is 13.2 Å². The summed E-state index contributed by atoms with van der Waals surface area (Å²) in [5.41, 5.74) is -0.436. The number of aromatic nitrogens is 1. The Kier molecular flexibility index (Phi) is 8.94. The van der Waals surface area contributed by atoms with Crippen LogP contribution in [0.4, 0.5) is 4.79 Å². The van der Waals surface area contributed by atoms with Crippen LogP contribution in [0, 0.1) is 17.3 Å². The monoisotopic (exact) mass is 733 g/mol. The number of carbonyl (C=O) groups is 4. The van der Waals surface area contributed by atoms with Crippen LogP contribution in [0.5, 0.6) is 5.88 Å². The molecule has 1 aromatic heterocycles. The Hall–Kier alpha value is -4.20. The summed E-state index contributed by atoms with van der Waals surface area (Å²) >= 11 is 0. The van der Waals surface area contributed by atoms with Gasteiger partial charge >= 0.3 is 6.09 Å². The number of rotatable bonds is 7. The first-order valence-corrected chi connectivity index (χ1v) is 20.3. The normalized spacial score (nSPS) is 30.5. The van der Waals surface area contributed by atoms with E-state index in [1.165, 1.54) is 11.0 Å². The molecule has 4 aliphatic carbocycles. The summed E-state index contributed by atoms with van der Waals surface area (Å²) < 4.78 is 39.9. The second kappa shape index (κ2) is 13.3. The van der Waals surface area contributed by atoms with Gasteiger partial charge in [0.15, 0.2) is 0 Å². The van der Waals surface area contributed by atoms with E-state index in [2.05, 4.69) is 39.1 Å². The molecule has 5 fully saturated rings. The maximum atomic E-state index is 14.7. The fourth-order valence-corrected chi connectivity index (χ4v) is 9.90. The van der Waals surface area contributed by atoms with Crippen LogP contribution < -0.4 is 20.1 Å². The van der Waals surface area contributed by atoms with E-state index < -0.39 is 68.7 Å². The second-order valence-electron chi connectivity index (χ2n) is 15.9. The zero-order chi connectivity index (χ0) is 36.3. The van der Waals surface area contributed by atoms with Crippen LogP contribution in [0.2, 0.25) is 0 Å². The van der Waals surface area contributed by atoms with Crippen molar-refractivity contribution in [1.82, 2.24) is 25.2 Å². The largest absolute Gasteiger partial charge is 0.472 e. The molecular formula is C38H47N5O8S. The van der Waals surface area contributed by atoms with E-state index in [9.17, 15) is 27.6 Å². The Morgan fingerprint density at radius 2 is 1.85 bits per heavy atom. The minimum absolute atomic E-state index is 0.0396. The number of aryl methyl sites for hydroxylation is 1. The Labute approximate surface area is 303 Å². The van der Waals surface area contributed by atoms with Gasteiger partial charge in [-0.2, -0.15) is 0 Å². The number of benzene rings is 1. The summed E-state index contributed by atoms with van der Waals surface area (Å²) in [6.07, 6.45) is 11.1. The van der Waals surface area contributed by atoms with Crippen molar-refractivity contribution in [2.24, 2.45) is 17.3 Å². The molecule has 0 radical (unpaired) electrons. The van der Waals surface area contributed by atoms with Crippen LogP contribution in [0.15, 0.2) is 43.1 Å². The van der Waals surface area contributed by atoms with Crippen molar-refractivity contribution < 1.29 is 37.1 Å². The molecule has 1 spiro atoms. The highest BCUT2D eigenvalue weighted by atomic mass is 32.2. The lowest BCUT2D eigenvalue weighted by Gasteiger charge is -2.32. The molecule has 4 saturated carbocycles.